The molecule has 0 spiro atoms. The van der Waals surface area contributed by atoms with Crippen LogP contribution < -0.4 is 4.90 Å². The standard InChI is InChI=1S/C18H24N2O2/c1-5-20(6-2)17-9-7-15(8-10-17)16(12-19)11-18(21)22-13-14(3)4/h7-11,14H,5-6,13H2,1-4H3. The lowest BCUT2D eigenvalue weighted by molar-refractivity contribution is -0.138. The highest BCUT2D eigenvalue weighted by Gasteiger charge is 2.08. The average Bonchev–Trinajstić information content (AvgIpc) is 2.52. The van der Waals surface area contributed by atoms with Crippen LogP contribution in [0.25, 0.3) is 5.57 Å². The van der Waals surface area contributed by atoms with E-state index in [1.165, 1.54) is 6.08 Å². The molecular weight excluding hydrogens is 276 g/mol. The number of nitriles is 1. The number of hydrogen-bond donors (Lipinski definition) is 0. The molecule has 0 amide bonds. The second-order valence-corrected chi connectivity index (χ2v) is 5.41. The van der Waals surface area contributed by atoms with Crippen LogP contribution in [0.15, 0.2) is 30.3 Å². The summed E-state index contributed by atoms with van der Waals surface area (Å²) in [6.07, 6.45) is 1.26. The van der Waals surface area contributed by atoms with Crippen LogP contribution in [-0.4, -0.2) is 25.7 Å². The van der Waals surface area contributed by atoms with Gasteiger partial charge in [0, 0.05) is 24.9 Å². The van der Waals surface area contributed by atoms with Crippen LogP contribution in [0.5, 0.6) is 0 Å². The molecule has 0 saturated heterocycles. The summed E-state index contributed by atoms with van der Waals surface area (Å²) in [5.41, 5.74) is 2.15. The molecule has 0 heterocycles. The van der Waals surface area contributed by atoms with E-state index in [-0.39, 0.29) is 5.92 Å². The Morgan fingerprint density at radius 1 is 1.27 bits per heavy atom. The van der Waals surface area contributed by atoms with Gasteiger partial charge in [-0.05, 0) is 37.5 Å². The van der Waals surface area contributed by atoms with Crippen molar-refractivity contribution in [2.24, 2.45) is 5.92 Å². The lowest BCUT2D eigenvalue weighted by Gasteiger charge is -2.21. The van der Waals surface area contributed by atoms with E-state index in [1.54, 1.807) is 0 Å². The van der Waals surface area contributed by atoms with Gasteiger partial charge in [0.15, 0.2) is 0 Å². The van der Waals surface area contributed by atoms with Crippen molar-refractivity contribution in [3.05, 3.63) is 35.9 Å². The maximum atomic E-state index is 11.7. The van der Waals surface area contributed by atoms with Crippen LogP contribution in [0, 0.1) is 17.2 Å². The van der Waals surface area contributed by atoms with Crippen molar-refractivity contribution in [3.63, 3.8) is 0 Å². The smallest absolute Gasteiger partial charge is 0.332 e. The van der Waals surface area contributed by atoms with E-state index in [4.69, 9.17) is 4.74 Å². The second-order valence-electron chi connectivity index (χ2n) is 5.41. The Bertz CT molecular complexity index is 549. The summed E-state index contributed by atoms with van der Waals surface area (Å²) in [6.45, 7) is 10.3. The number of anilines is 1. The number of ether oxygens (including phenoxy) is 1. The Labute approximate surface area is 133 Å². The number of benzene rings is 1. The van der Waals surface area contributed by atoms with Crippen LogP contribution in [0.3, 0.4) is 0 Å². The van der Waals surface area contributed by atoms with Crippen molar-refractivity contribution in [2.45, 2.75) is 27.7 Å². The third-order valence-electron chi connectivity index (χ3n) is 3.25. The Morgan fingerprint density at radius 2 is 1.86 bits per heavy atom. The summed E-state index contributed by atoms with van der Waals surface area (Å²) in [7, 11) is 0. The van der Waals surface area contributed by atoms with Gasteiger partial charge in [-0.2, -0.15) is 5.26 Å². The van der Waals surface area contributed by atoms with E-state index in [2.05, 4.69) is 24.8 Å². The third kappa shape index (κ3) is 5.25. The van der Waals surface area contributed by atoms with Crippen LogP contribution in [0.4, 0.5) is 5.69 Å². The van der Waals surface area contributed by atoms with Gasteiger partial charge in [0.2, 0.25) is 0 Å². The Kier molecular flexibility index (Phi) is 7.18. The number of carbonyl (C=O) groups is 1. The molecule has 0 radical (unpaired) electrons. The molecule has 0 N–H and O–H groups in total. The van der Waals surface area contributed by atoms with Crippen molar-refractivity contribution < 1.29 is 9.53 Å². The normalized spacial score (nSPS) is 11.2. The first kappa shape index (κ1) is 17.8. The van der Waals surface area contributed by atoms with Gasteiger partial charge in [0.05, 0.1) is 12.2 Å². The monoisotopic (exact) mass is 300 g/mol. The highest BCUT2D eigenvalue weighted by molar-refractivity contribution is 5.95. The van der Waals surface area contributed by atoms with Crippen LogP contribution >= 0.6 is 0 Å². The average molecular weight is 300 g/mol. The molecule has 0 saturated carbocycles. The van der Waals surface area contributed by atoms with E-state index in [9.17, 15) is 10.1 Å². The first-order valence-electron chi connectivity index (χ1n) is 7.65. The number of rotatable bonds is 7. The Balaban J connectivity index is 2.87. The summed E-state index contributed by atoms with van der Waals surface area (Å²) in [5, 5.41) is 9.24. The summed E-state index contributed by atoms with van der Waals surface area (Å²) < 4.78 is 5.08. The molecule has 0 atom stereocenters. The van der Waals surface area contributed by atoms with Crippen molar-refractivity contribution in [3.8, 4) is 6.07 Å². The molecule has 0 bridgehead atoms. The van der Waals surface area contributed by atoms with Crippen LogP contribution in [0.2, 0.25) is 0 Å². The van der Waals surface area contributed by atoms with Crippen molar-refractivity contribution >= 4 is 17.2 Å². The van der Waals surface area contributed by atoms with E-state index >= 15 is 0 Å². The zero-order valence-corrected chi connectivity index (χ0v) is 13.8. The van der Waals surface area contributed by atoms with Gasteiger partial charge >= 0.3 is 5.97 Å². The molecule has 1 aromatic rings. The minimum absolute atomic E-state index is 0.274. The number of nitrogens with zero attached hydrogens (tertiary/aromatic N) is 2. The largest absolute Gasteiger partial charge is 0.462 e. The van der Waals surface area contributed by atoms with E-state index < -0.39 is 5.97 Å². The molecule has 0 unspecified atom stereocenters. The summed E-state index contributed by atoms with van der Waals surface area (Å²) in [5.74, 6) is -0.200. The maximum absolute atomic E-state index is 11.7. The summed E-state index contributed by atoms with van der Waals surface area (Å²) in [6, 6.07) is 9.71. The lowest BCUT2D eigenvalue weighted by atomic mass is 10.1. The molecule has 0 aliphatic rings. The van der Waals surface area contributed by atoms with Crippen molar-refractivity contribution in [2.75, 3.05) is 24.6 Å². The zero-order valence-electron chi connectivity index (χ0n) is 13.8. The third-order valence-corrected chi connectivity index (χ3v) is 3.25. The first-order chi connectivity index (χ1) is 10.5. The molecule has 0 aliphatic carbocycles. The predicted molar refractivity (Wildman–Crippen MR) is 89.4 cm³/mol. The number of allylic oxidation sites excluding steroid dienone is 1. The topological polar surface area (TPSA) is 53.3 Å². The lowest BCUT2D eigenvalue weighted by Crippen LogP contribution is -2.21. The van der Waals surface area contributed by atoms with E-state index in [0.29, 0.717) is 12.2 Å². The first-order valence-corrected chi connectivity index (χ1v) is 7.65. The maximum Gasteiger partial charge on any atom is 0.332 e. The van der Waals surface area contributed by atoms with Gasteiger partial charge in [-0.1, -0.05) is 26.0 Å². The molecule has 22 heavy (non-hydrogen) atoms. The quantitative estimate of drug-likeness (QED) is 0.438. The Morgan fingerprint density at radius 3 is 2.32 bits per heavy atom. The van der Waals surface area contributed by atoms with Gasteiger partial charge in [-0.3, -0.25) is 0 Å². The molecule has 1 rings (SSSR count). The minimum atomic E-state index is -0.474. The molecule has 118 valence electrons. The molecule has 0 aromatic heterocycles. The molecule has 0 aliphatic heterocycles. The highest BCUT2D eigenvalue weighted by Crippen LogP contribution is 2.20. The van der Waals surface area contributed by atoms with Crippen LogP contribution in [-0.2, 0) is 9.53 Å². The number of hydrogen-bond acceptors (Lipinski definition) is 4. The summed E-state index contributed by atoms with van der Waals surface area (Å²) in [4.78, 5) is 13.9. The fourth-order valence-electron chi connectivity index (χ4n) is 2.03. The molecular formula is C18H24N2O2. The van der Waals surface area contributed by atoms with Crippen molar-refractivity contribution in [1.82, 2.24) is 0 Å². The van der Waals surface area contributed by atoms with Gasteiger partial charge in [0.25, 0.3) is 0 Å². The minimum Gasteiger partial charge on any atom is -0.462 e. The van der Waals surface area contributed by atoms with Crippen LogP contribution in [0.1, 0.15) is 33.3 Å². The van der Waals surface area contributed by atoms with Gasteiger partial charge in [0.1, 0.15) is 6.07 Å². The molecule has 0 fully saturated rings. The second kappa shape index (κ2) is 8.89. The number of carbonyl (C=O) groups excluding carboxylic acids is 1. The van der Waals surface area contributed by atoms with Gasteiger partial charge in [-0.25, -0.2) is 4.79 Å². The van der Waals surface area contributed by atoms with E-state index in [1.807, 2.05) is 38.1 Å². The van der Waals surface area contributed by atoms with Gasteiger partial charge < -0.3 is 9.64 Å². The number of esters is 1. The SMILES string of the molecule is CCN(CC)c1ccc(C(C#N)=CC(=O)OCC(C)C)cc1. The fourth-order valence-corrected chi connectivity index (χ4v) is 2.03. The van der Waals surface area contributed by atoms with Gasteiger partial charge in [-0.15, -0.1) is 0 Å². The van der Waals surface area contributed by atoms with Crippen molar-refractivity contribution in [1.29, 1.82) is 5.26 Å². The fraction of sp³-hybridized carbons (Fsp3) is 0.444. The molecule has 1 aromatic carbocycles. The Hall–Kier alpha value is -2.28. The molecule has 4 nitrogen and oxygen atoms in total. The zero-order chi connectivity index (χ0) is 16.5. The van der Waals surface area contributed by atoms with E-state index in [0.717, 1.165) is 24.3 Å². The molecule has 4 heteroatoms. The highest BCUT2D eigenvalue weighted by atomic mass is 16.5. The summed E-state index contributed by atoms with van der Waals surface area (Å²) >= 11 is 0. The predicted octanol–water partition coefficient (Wildman–Crippen LogP) is 3.64.